The van der Waals surface area contributed by atoms with Crippen LogP contribution >= 0.6 is 27.5 Å². The van der Waals surface area contributed by atoms with Crippen LogP contribution in [0.5, 0.6) is 0 Å². The minimum atomic E-state index is -1.31. The van der Waals surface area contributed by atoms with Gasteiger partial charge in [0.15, 0.2) is 0 Å². The molecule has 8 nitrogen and oxygen atoms in total. The first-order valence-electron chi connectivity index (χ1n) is 11.7. The first-order valence-corrected chi connectivity index (χ1v) is 13.0. The van der Waals surface area contributed by atoms with E-state index in [1.165, 1.54) is 9.80 Å². The van der Waals surface area contributed by atoms with Crippen LogP contribution in [0.2, 0.25) is 5.02 Å². The van der Waals surface area contributed by atoms with Crippen molar-refractivity contribution in [2.75, 3.05) is 18.1 Å². The number of fused-ring (bicyclic) bond motifs is 1. The molecular weight excluding hydrogens is 540 g/mol. The highest BCUT2D eigenvalue weighted by Gasteiger charge is 2.77. The van der Waals surface area contributed by atoms with Gasteiger partial charge in [-0.3, -0.25) is 14.4 Å². The van der Waals surface area contributed by atoms with Gasteiger partial charge in [-0.2, -0.15) is 0 Å². The maximum absolute atomic E-state index is 14.3. The van der Waals surface area contributed by atoms with Gasteiger partial charge in [-0.25, -0.2) is 0 Å². The van der Waals surface area contributed by atoms with Crippen molar-refractivity contribution in [3.05, 3.63) is 41.9 Å². The number of aliphatic hydroxyl groups is 1. The number of nitrogens with zero attached hydrogens (tertiary/aromatic N) is 2. The van der Waals surface area contributed by atoms with Crippen molar-refractivity contribution in [2.24, 2.45) is 17.8 Å². The third kappa shape index (κ3) is 4.20. The number of carbonyl (C=O) groups excluding carboxylic acids is 2. The molecule has 3 saturated heterocycles. The number of carboxylic acids is 1. The fourth-order valence-electron chi connectivity index (χ4n) is 6.06. The van der Waals surface area contributed by atoms with Gasteiger partial charge in [-0.1, -0.05) is 47.5 Å². The number of ether oxygens (including phenoxy) is 1. The van der Waals surface area contributed by atoms with Crippen LogP contribution in [0.15, 0.2) is 36.9 Å². The lowest BCUT2D eigenvalue weighted by molar-refractivity contribution is -0.151. The molecule has 3 fully saturated rings. The molecule has 35 heavy (non-hydrogen) atoms. The number of hydrogen-bond donors (Lipinski definition) is 2. The Bertz CT molecular complexity index is 1020. The van der Waals surface area contributed by atoms with E-state index in [2.05, 4.69) is 22.5 Å². The van der Waals surface area contributed by atoms with Crippen LogP contribution in [0.4, 0.5) is 5.69 Å². The molecule has 7 atom stereocenters. The molecule has 2 amide bonds. The molecular formula is C25H30BrClN2O6. The van der Waals surface area contributed by atoms with Gasteiger partial charge in [-0.05, 0) is 43.0 Å². The van der Waals surface area contributed by atoms with E-state index in [1.54, 1.807) is 30.3 Å². The summed E-state index contributed by atoms with van der Waals surface area (Å²) in [7, 11) is 0. The standard InChI is InChI=1S/C25H30BrClN2O6/c1-4-9-28(15-7-5-14(27)6-8-15)23(32)21-25-11-17(26)20(35-25)18(24(33)34)19(25)22(31)29(21)16(12-30)10-13(2)3/h4-8,13,16-21,30H,1,9-12H2,2-3H3,(H,33,34)/t16-,17?,18+,19-,20+,21+,25-/m1/s1. The molecule has 190 valence electrons. The van der Waals surface area contributed by atoms with Crippen molar-refractivity contribution >= 4 is 51.0 Å². The molecule has 1 unspecified atom stereocenters. The Labute approximate surface area is 218 Å². The summed E-state index contributed by atoms with van der Waals surface area (Å²) in [5.41, 5.74) is -0.750. The van der Waals surface area contributed by atoms with Crippen LogP contribution in [0, 0.1) is 17.8 Å². The zero-order valence-electron chi connectivity index (χ0n) is 19.6. The number of halogens is 2. The van der Waals surface area contributed by atoms with E-state index in [9.17, 15) is 24.6 Å². The number of carboxylic acid groups (broad SMARTS) is 1. The quantitative estimate of drug-likeness (QED) is 0.350. The molecule has 0 radical (unpaired) electrons. The lowest BCUT2D eigenvalue weighted by atomic mass is 9.70. The zero-order valence-corrected chi connectivity index (χ0v) is 22.0. The Kier molecular flexibility index (Phi) is 7.35. The van der Waals surface area contributed by atoms with E-state index in [4.69, 9.17) is 16.3 Å². The summed E-state index contributed by atoms with van der Waals surface area (Å²) >= 11 is 9.59. The number of aliphatic hydroxyl groups excluding tert-OH is 1. The molecule has 10 heteroatoms. The molecule has 3 aliphatic heterocycles. The van der Waals surface area contributed by atoms with Gasteiger partial charge in [0.05, 0.1) is 30.6 Å². The summed E-state index contributed by atoms with van der Waals surface area (Å²) in [6, 6.07) is 5.00. The maximum Gasteiger partial charge on any atom is 0.310 e. The number of rotatable bonds is 9. The third-order valence-electron chi connectivity index (χ3n) is 7.31. The van der Waals surface area contributed by atoms with Crippen LogP contribution in [-0.4, -0.2) is 74.7 Å². The van der Waals surface area contributed by atoms with Gasteiger partial charge in [-0.15, -0.1) is 6.58 Å². The van der Waals surface area contributed by atoms with E-state index in [0.717, 1.165) is 0 Å². The van der Waals surface area contributed by atoms with Crippen LogP contribution < -0.4 is 4.90 Å². The first kappa shape index (κ1) is 26.1. The highest BCUT2D eigenvalue weighted by molar-refractivity contribution is 9.09. The Morgan fingerprint density at radius 1 is 1.37 bits per heavy atom. The van der Waals surface area contributed by atoms with Crippen molar-refractivity contribution in [1.82, 2.24) is 4.90 Å². The number of anilines is 1. The third-order valence-corrected chi connectivity index (χ3v) is 8.41. The molecule has 4 rings (SSSR count). The summed E-state index contributed by atoms with van der Waals surface area (Å²) in [4.78, 5) is 43.1. The van der Waals surface area contributed by atoms with E-state index in [0.29, 0.717) is 23.6 Å². The lowest BCUT2D eigenvalue weighted by Crippen LogP contribution is -2.59. The Balaban J connectivity index is 1.85. The summed E-state index contributed by atoms with van der Waals surface area (Å²) < 4.78 is 6.32. The lowest BCUT2D eigenvalue weighted by Gasteiger charge is -2.39. The second-order valence-corrected chi connectivity index (χ2v) is 11.5. The van der Waals surface area contributed by atoms with Crippen molar-refractivity contribution in [1.29, 1.82) is 0 Å². The van der Waals surface area contributed by atoms with Gasteiger partial charge in [0.1, 0.15) is 11.6 Å². The van der Waals surface area contributed by atoms with Gasteiger partial charge >= 0.3 is 5.97 Å². The van der Waals surface area contributed by atoms with E-state index in [-0.39, 0.29) is 23.9 Å². The van der Waals surface area contributed by atoms with Crippen molar-refractivity contribution in [3.8, 4) is 0 Å². The smallest absolute Gasteiger partial charge is 0.310 e. The van der Waals surface area contributed by atoms with Crippen molar-refractivity contribution in [2.45, 2.75) is 55.3 Å². The second kappa shape index (κ2) is 9.84. The largest absolute Gasteiger partial charge is 0.481 e. The number of amides is 2. The highest BCUT2D eigenvalue weighted by atomic mass is 79.9. The topological polar surface area (TPSA) is 107 Å². The molecule has 3 aliphatic rings. The van der Waals surface area contributed by atoms with Crippen molar-refractivity contribution < 1.29 is 29.3 Å². The predicted octanol–water partition coefficient (Wildman–Crippen LogP) is 3.10. The summed E-state index contributed by atoms with van der Waals surface area (Å²) in [6.45, 7) is 7.53. The molecule has 1 spiro atoms. The average Bonchev–Trinajstić information content (AvgIpc) is 3.39. The number of aliphatic carboxylic acids is 1. The zero-order chi connectivity index (χ0) is 25.7. The van der Waals surface area contributed by atoms with Crippen LogP contribution in [-0.2, 0) is 19.1 Å². The summed E-state index contributed by atoms with van der Waals surface area (Å²) in [5, 5.41) is 20.8. The molecule has 0 saturated carbocycles. The van der Waals surface area contributed by atoms with Crippen LogP contribution in [0.3, 0.4) is 0 Å². The Hall–Kier alpha value is -1.94. The molecule has 2 N–H and O–H groups in total. The number of benzene rings is 1. The monoisotopic (exact) mass is 568 g/mol. The average molecular weight is 570 g/mol. The number of likely N-dealkylation sites (tertiary alicyclic amines) is 1. The van der Waals surface area contributed by atoms with Gasteiger partial charge in [0, 0.05) is 22.1 Å². The molecule has 1 aromatic rings. The SMILES string of the molecule is C=CCN(C(=O)[C@@H]1N([C@@H](CO)CC(C)C)C(=O)[C@H]2[C@H](C(=O)O)[C@H]3O[C@@]12CC3Br)c1ccc(Cl)cc1. The van der Waals surface area contributed by atoms with Crippen LogP contribution in [0.1, 0.15) is 26.7 Å². The van der Waals surface area contributed by atoms with E-state index < -0.39 is 53.4 Å². The maximum atomic E-state index is 14.3. The number of alkyl halides is 1. The second-order valence-electron chi connectivity index (χ2n) is 9.93. The first-order chi connectivity index (χ1) is 16.6. The Morgan fingerprint density at radius 3 is 2.57 bits per heavy atom. The Morgan fingerprint density at radius 2 is 2.03 bits per heavy atom. The summed E-state index contributed by atoms with van der Waals surface area (Å²) in [5.74, 6) is -3.95. The molecule has 0 aliphatic carbocycles. The molecule has 3 heterocycles. The molecule has 1 aromatic carbocycles. The van der Waals surface area contributed by atoms with E-state index in [1.807, 2.05) is 13.8 Å². The van der Waals surface area contributed by atoms with Gasteiger partial charge < -0.3 is 24.7 Å². The minimum absolute atomic E-state index is 0.130. The van der Waals surface area contributed by atoms with Gasteiger partial charge in [0.2, 0.25) is 5.91 Å². The minimum Gasteiger partial charge on any atom is -0.481 e. The van der Waals surface area contributed by atoms with Crippen LogP contribution in [0.25, 0.3) is 0 Å². The predicted molar refractivity (Wildman–Crippen MR) is 135 cm³/mol. The van der Waals surface area contributed by atoms with Crippen molar-refractivity contribution in [3.63, 3.8) is 0 Å². The highest BCUT2D eigenvalue weighted by Crippen LogP contribution is 2.60. The summed E-state index contributed by atoms with van der Waals surface area (Å²) in [6.07, 6.45) is 1.63. The fraction of sp³-hybridized carbons (Fsp3) is 0.560. The van der Waals surface area contributed by atoms with Gasteiger partial charge in [0.25, 0.3) is 5.91 Å². The number of hydrogen-bond acceptors (Lipinski definition) is 5. The molecule has 2 bridgehead atoms. The normalized spacial score (nSPS) is 32.1. The fourth-order valence-corrected chi connectivity index (χ4v) is 7.13. The molecule has 0 aromatic heterocycles. The van der Waals surface area contributed by atoms with E-state index >= 15 is 0 Å². The number of carbonyl (C=O) groups is 3.